The van der Waals surface area contributed by atoms with E-state index in [1.807, 2.05) is 24.3 Å². The summed E-state index contributed by atoms with van der Waals surface area (Å²) in [6.45, 7) is 2.74. The van der Waals surface area contributed by atoms with Crippen LogP contribution in [-0.4, -0.2) is 10.1 Å². The van der Waals surface area contributed by atoms with Gasteiger partial charge >= 0.3 is 0 Å². The van der Waals surface area contributed by atoms with E-state index in [9.17, 15) is 0 Å². The minimum Gasteiger partial charge on any atom is -0.339 e. The zero-order valence-corrected chi connectivity index (χ0v) is 13.8. The zero-order valence-electron chi connectivity index (χ0n) is 13.0. The molecular formula is C17H24ClN3O. The molecule has 2 aromatic rings. The van der Waals surface area contributed by atoms with Crippen LogP contribution in [0.15, 0.2) is 28.8 Å². The first-order valence-corrected chi connectivity index (χ1v) is 7.89. The van der Waals surface area contributed by atoms with Crippen molar-refractivity contribution in [1.82, 2.24) is 10.1 Å². The van der Waals surface area contributed by atoms with Gasteiger partial charge in [-0.15, -0.1) is 12.4 Å². The molecule has 0 bridgehead atoms. The first-order chi connectivity index (χ1) is 10.3. The molecule has 0 saturated heterocycles. The van der Waals surface area contributed by atoms with Gasteiger partial charge in [0.05, 0.1) is 0 Å². The molecule has 120 valence electrons. The predicted octanol–water partition coefficient (Wildman–Crippen LogP) is 4.30. The molecule has 2 N–H and O–H groups in total. The number of nitrogens with zero attached hydrogens (tertiary/aromatic N) is 2. The number of benzene rings is 1. The fourth-order valence-corrected chi connectivity index (χ4v) is 3.19. The highest BCUT2D eigenvalue weighted by Gasteiger charge is 2.22. The number of rotatable bonds is 5. The minimum absolute atomic E-state index is 0. The lowest BCUT2D eigenvalue weighted by Gasteiger charge is -2.12. The summed E-state index contributed by atoms with van der Waals surface area (Å²) < 4.78 is 5.46. The number of nitrogens with two attached hydrogens (primary N) is 1. The Morgan fingerprint density at radius 3 is 2.55 bits per heavy atom. The standard InChI is InChI=1S/C17H23N3O.ClH/c1-12(10-13-4-2-3-5-13)17-19-16(20-21-17)15-8-6-14(11-18)7-9-15;/h6-9,12-13H,2-5,10-11,18H2,1H3;1H. The number of aromatic nitrogens is 2. The normalized spacial score (nSPS) is 16.5. The molecule has 5 heteroatoms. The van der Waals surface area contributed by atoms with Gasteiger partial charge in [0.25, 0.3) is 0 Å². The third kappa shape index (κ3) is 3.87. The van der Waals surface area contributed by atoms with Gasteiger partial charge < -0.3 is 10.3 Å². The zero-order chi connectivity index (χ0) is 14.7. The second-order valence-electron chi connectivity index (χ2n) is 6.14. The number of hydrogen-bond acceptors (Lipinski definition) is 4. The van der Waals surface area contributed by atoms with Crippen LogP contribution in [-0.2, 0) is 6.54 Å². The third-order valence-electron chi connectivity index (χ3n) is 4.47. The maximum atomic E-state index is 5.61. The lowest BCUT2D eigenvalue weighted by atomic mass is 9.94. The van der Waals surface area contributed by atoms with E-state index in [2.05, 4.69) is 17.1 Å². The summed E-state index contributed by atoms with van der Waals surface area (Å²) in [6, 6.07) is 8.01. The molecule has 22 heavy (non-hydrogen) atoms. The van der Waals surface area contributed by atoms with Crippen molar-refractivity contribution in [2.45, 2.75) is 51.5 Å². The van der Waals surface area contributed by atoms with Gasteiger partial charge in [-0.2, -0.15) is 4.98 Å². The van der Waals surface area contributed by atoms with Gasteiger partial charge in [-0.25, -0.2) is 0 Å². The molecule has 1 unspecified atom stereocenters. The summed E-state index contributed by atoms with van der Waals surface area (Å²) in [5.41, 5.74) is 7.70. The van der Waals surface area contributed by atoms with Crippen LogP contribution in [0.1, 0.15) is 56.4 Å². The van der Waals surface area contributed by atoms with Crippen LogP contribution in [0.3, 0.4) is 0 Å². The van der Waals surface area contributed by atoms with Crippen LogP contribution >= 0.6 is 12.4 Å². The second-order valence-corrected chi connectivity index (χ2v) is 6.14. The lowest BCUT2D eigenvalue weighted by Crippen LogP contribution is -2.02. The largest absolute Gasteiger partial charge is 0.339 e. The maximum Gasteiger partial charge on any atom is 0.229 e. The van der Waals surface area contributed by atoms with Gasteiger partial charge in [0, 0.05) is 18.0 Å². The van der Waals surface area contributed by atoms with Crippen molar-refractivity contribution in [3.63, 3.8) is 0 Å². The van der Waals surface area contributed by atoms with Crippen molar-refractivity contribution >= 4 is 12.4 Å². The Balaban J connectivity index is 0.00000176. The summed E-state index contributed by atoms with van der Waals surface area (Å²) >= 11 is 0. The molecule has 4 nitrogen and oxygen atoms in total. The summed E-state index contributed by atoms with van der Waals surface area (Å²) in [7, 11) is 0. The van der Waals surface area contributed by atoms with E-state index in [0.717, 1.165) is 29.4 Å². The van der Waals surface area contributed by atoms with E-state index in [1.165, 1.54) is 25.7 Å². The number of halogens is 1. The Hall–Kier alpha value is -1.39. The third-order valence-corrected chi connectivity index (χ3v) is 4.47. The minimum atomic E-state index is 0. The smallest absolute Gasteiger partial charge is 0.229 e. The Morgan fingerprint density at radius 1 is 1.23 bits per heavy atom. The van der Waals surface area contributed by atoms with Gasteiger partial charge in [-0.05, 0) is 17.9 Å². The highest BCUT2D eigenvalue weighted by Crippen LogP contribution is 2.33. The average Bonchev–Trinajstić information content (AvgIpc) is 3.18. The summed E-state index contributed by atoms with van der Waals surface area (Å²) in [6.07, 6.45) is 6.62. The molecular weight excluding hydrogens is 298 g/mol. The van der Waals surface area contributed by atoms with Gasteiger partial charge in [-0.3, -0.25) is 0 Å². The van der Waals surface area contributed by atoms with Crippen molar-refractivity contribution in [3.8, 4) is 11.4 Å². The molecule has 0 amide bonds. The molecule has 0 radical (unpaired) electrons. The molecule has 1 saturated carbocycles. The molecule has 0 aliphatic heterocycles. The van der Waals surface area contributed by atoms with Crippen LogP contribution < -0.4 is 5.73 Å². The van der Waals surface area contributed by atoms with Crippen molar-refractivity contribution in [3.05, 3.63) is 35.7 Å². The lowest BCUT2D eigenvalue weighted by molar-refractivity contribution is 0.333. The van der Waals surface area contributed by atoms with Crippen LogP contribution in [0.4, 0.5) is 0 Å². The van der Waals surface area contributed by atoms with E-state index >= 15 is 0 Å². The van der Waals surface area contributed by atoms with Gasteiger partial charge in [0.1, 0.15) is 0 Å². The Kier molecular flexibility index (Phi) is 5.98. The molecule has 1 heterocycles. The van der Waals surface area contributed by atoms with Gasteiger partial charge in [-0.1, -0.05) is 62.0 Å². The highest BCUT2D eigenvalue weighted by molar-refractivity contribution is 5.85. The molecule has 1 aromatic heterocycles. The molecule has 3 rings (SSSR count). The molecule has 1 atom stereocenters. The van der Waals surface area contributed by atoms with Crippen molar-refractivity contribution in [1.29, 1.82) is 0 Å². The quantitative estimate of drug-likeness (QED) is 0.891. The topological polar surface area (TPSA) is 64.9 Å². The summed E-state index contributed by atoms with van der Waals surface area (Å²) in [5, 5.41) is 4.12. The van der Waals surface area contributed by atoms with E-state index in [1.54, 1.807) is 0 Å². The van der Waals surface area contributed by atoms with Crippen molar-refractivity contribution < 1.29 is 4.52 Å². The van der Waals surface area contributed by atoms with Crippen molar-refractivity contribution in [2.75, 3.05) is 0 Å². The first-order valence-electron chi connectivity index (χ1n) is 7.89. The first kappa shape index (κ1) is 17.0. The predicted molar refractivity (Wildman–Crippen MR) is 89.9 cm³/mol. The van der Waals surface area contributed by atoms with E-state index in [4.69, 9.17) is 10.3 Å². The van der Waals surface area contributed by atoms with Crippen LogP contribution in [0.2, 0.25) is 0 Å². The van der Waals surface area contributed by atoms with Gasteiger partial charge in [0.2, 0.25) is 11.7 Å². The molecule has 1 aliphatic carbocycles. The van der Waals surface area contributed by atoms with E-state index < -0.39 is 0 Å². The van der Waals surface area contributed by atoms with Gasteiger partial charge in [0.15, 0.2) is 0 Å². The molecule has 0 spiro atoms. The fraction of sp³-hybridized carbons (Fsp3) is 0.529. The Bertz CT molecular complexity index is 576. The van der Waals surface area contributed by atoms with Crippen LogP contribution in [0.25, 0.3) is 11.4 Å². The monoisotopic (exact) mass is 321 g/mol. The molecule has 1 aromatic carbocycles. The molecule has 1 aliphatic rings. The fourth-order valence-electron chi connectivity index (χ4n) is 3.19. The van der Waals surface area contributed by atoms with Crippen LogP contribution in [0.5, 0.6) is 0 Å². The number of hydrogen-bond donors (Lipinski definition) is 1. The van der Waals surface area contributed by atoms with Crippen LogP contribution in [0, 0.1) is 5.92 Å². The Labute approximate surface area is 137 Å². The molecule has 1 fully saturated rings. The SMILES string of the molecule is CC(CC1CCCC1)c1nc(-c2ccc(CN)cc2)no1.Cl. The maximum absolute atomic E-state index is 5.61. The second kappa shape index (κ2) is 7.75. The summed E-state index contributed by atoms with van der Waals surface area (Å²) in [4.78, 5) is 4.57. The average molecular weight is 322 g/mol. The van der Waals surface area contributed by atoms with E-state index in [0.29, 0.717) is 18.3 Å². The highest BCUT2D eigenvalue weighted by atomic mass is 35.5. The van der Waals surface area contributed by atoms with E-state index in [-0.39, 0.29) is 12.4 Å². The Morgan fingerprint density at radius 2 is 1.91 bits per heavy atom. The summed E-state index contributed by atoms with van der Waals surface area (Å²) in [5.74, 6) is 2.61. The van der Waals surface area contributed by atoms with Crippen molar-refractivity contribution in [2.24, 2.45) is 11.7 Å².